The fourth-order valence-electron chi connectivity index (χ4n) is 1.70. The molecule has 0 spiro atoms. The Morgan fingerprint density at radius 2 is 2.00 bits per heavy atom. The van der Waals surface area contributed by atoms with Gasteiger partial charge in [-0.15, -0.1) is 0 Å². The van der Waals surface area contributed by atoms with Crippen LogP contribution in [-0.2, 0) is 11.2 Å². The Labute approximate surface area is 97.2 Å². The van der Waals surface area contributed by atoms with Gasteiger partial charge in [0.15, 0.2) is 5.82 Å². The number of aryl methyl sites for hydroxylation is 1. The first kappa shape index (κ1) is 12.9. The van der Waals surface area contributed by atoms with Crippen LogP contribution in [0, 0.1) is 6.92 Å². The molecule has 1 unspecified atom stereocenters. The summed E-state index contributed by atoms with van der Waals surface area (Å²) in [6.45, 7) is 6.14. The lowest BCUT2D eigenvalue weighted by Gasteiger charge is -2.15. The summed E-state index contributed by atoms with van der Waals surface area (Å²) in [5.74, 6) is 1.28. The van der Waals surface area contributed by atoms with E-state index < -0.39 is 0 Å². The maximum Gasteiger partial charge on any atom is 0.159 e. The molecule has 0 aromatic carbocycles. The summed E-state index contributed by atoms with van der Waals surface area (Å²) in [7, 11) is 1.69. The van der Waals surface area contributed by atoms with E-state index in [1.165, 1.54) is 0 Å². The molecule has 0 saturated heterocycles. The molecule has 16 heavy (non-hydrogen) atoms. The van der Waals surface area contributed by atoms with Gasteiger partial charge in [0.05, 0.1) is 0 Å². The van der Waals surface area contributed by atoms with Crippen LogP contribution in [0.25, 0.3) is 0 Å². The third kappa shape index (κ3) is 2.70. The van der Waals surface area contributed by atoms with Gasteiger partial charge in [0.25, 0.3) is 0 Å². The van der Waals surface area contributed by atoms with Crippen LogP contribution in [0.4, 0.5) is 5.82 Å². The predicted octanol–water partition coefficient (Wildman–Crippen LogP) is 2.42. The molecule has 1 aromatic heterocycles. The highest BCUT2D eigenvalue weighted by Gasteiger charge is 2.15. The molecule has 90 valence electrons. The Kier molecular flexibility index (Phi) is 4.68. The van der Waals surface area contributed by atoms with Gasteiger partial charge in [0, 0.05) is 18.4 Å². The molecule has 0 fully saturated rings. The Hall–Kier alpha value is -1.16. The number of aromatic nitrogens is 2. The molecule has 0 radical (unpaired) electrons. The monoisotopic (exact) mass is 223 g/mol. The first-order valence-corrected chi connectivity index (χ1v) is 5.79. The van der Waals surface area contributed by atoms with Crippen molar-refractivity contribution in [3.63, 3.8) is 0 Å². The van der Waals surface area contributed by atoms with E-state index in [1.54, 1.807) is 7.11 Å². The summed E-state index contributed by atoms with van der Waals surface area (Å²) >= 11 is 0. The lowest BCUT2D eigenvalue weighted by Crippen LogP contribution is -2.12. The number of methoxy groups -OCH3 is 1. The Morgan fingerprint density at radius 3 is 2.50 bits per heavy atom. The van der Waals surface area contributed by atoms with E-state index in [1.807, 2.05) is 6.92 Å². The summed E-state index contributed by atoms with van der Waals surface area (Å²) in [5, 5.41) is 0. The van der Waals surface area contributed by atoms with Gasteiger partial charge in [-0.1, -0.05) is 20.3 Å². The van der Waals surface area contributed by atoms with Crippen LogP contribution in [0.15, 0.2) is 0 Å². The molecule has 0 aliphatic rings. The minimum absolute atomic E-state index is 0.0433. The zero-order chi connectivity index (χ0) is 12.1. The van der Waals surface area contributed by atoms with E-state index in [4.69, 9.17) is 10.5 Å². The van der Waals surface area contributed by atoms with E-state index in [0.29, 0.717) is 11.6 Å². The predicted molar refractivity (Wildman–Crippen MR) is 65.2 cm³/mol. The molecule has 0 aliphatic heterocycles. The topological polar surface area (TPSA) is 61.0 Å². The van der Waals surface area contributed by atoms with Gasteiger partial charge in [-0.2, -0.15) is 0 Å². The Morgan fingerprint density at radius 1 is 1.31 bits per heavy atom. The van der Waals surface area contributed by atoms with Crippen molar-refractivity contribution in [3.8, 4) is 0 Å². The van der Waals surface area contributed by atoms with Gasteiger partial charge in [-0.05, 0) is 19.8 Å². The maximum absolute atomic E-state index is 5.88. The molecule has 4 heteroatoms. The SMILES string of the molecule is CCCC(OC)c1nc(N)c(C)c(CC)n1. The maximum atomic E-state index is 5.88. The summed E-state index contributed by atoms with van der Waals surface area (Å²) in [6, 6.07) is 0. The van der Waals surface area contributed by atoms with Crippen LogP contribution in [0.1, 0.15) is 49.9 Å². The van der Waals surface area contributed by atoms with Gasteiger partial charge in [0.1, 0.15) is 11.9 Å². The molecule has 1 heterocycles. The first-order chi connectivity index (χ1) is 7.63. The van der Waals surface area contributed by atoms with Gasteiger partial charge >= 0.3 is 0 Å². The first-order valence-electron chi connectivity index (χ1n) is 5.79. The normalized spacial score (nSPS) is 12.8. The minimum Gasteiger partial charge on any atom is -0.383 e. The number of nitrogens with two attached hydrogens (primary N) is 1. The molecular weight excluding hydrogens is 202 g/mol. The van der Waals surface area contributed by atoms with Crippen molar-refractivity contribution in [2.24, 2.45) is 0 Å². The summed E-state index contributed by atoms with van der Waals surface area (Å²) in [5.41, 5.74) is 7.88. The molecule has 0 bridgehead atoms. The number of rotatable bonds is 5. The Balaban J connectivity index is 3.08. The van der Waals surface area contributed by atoms with Crippen molar-refractivity contribution >= 4 is 5.82 Å². The van der Waals surface area contributed by atoms with Gasteiger partial charge in [-0.25, -0.2) is 9.97 Å². The third-order valence-corrected chi connectivity index (χ3v) is 2.76. The zero-order valence-corrected chi connectivity index (χ0v) is 10.6. The second kappa shape index (κ2) is 5.80. The molecule has 2 N–H and O–H groups in total. The van der Waals surface area contributed by atoms with Crippen LogP contribution in [-0.4, -0.2) is 17.1 Å². The summed E-state index contributed by atoms with van der Waals surface area (Å²) in [6.07, 6.45) is 2.78. The molecule has 0 aliphatic carbocycles. The van der Waals surface area contributed by atoms with Crippen LogP contribution in [0.2, 0.25) is 0 Å². The molecule has 0 saturated carbocycles. The van der Waals surface area contributed by atoms with Crippen molar-refractivity contribution in [2.45, 2.75) is 46.1 Å². The average molecular weight is 223 g/mol. The largest absolute Gasteiger partial charge is 0.383 e. The van der Waals surface area contributed by atoms with E-state index >= 15 is 0 Å². The van der Waals surface area contributed by atoms with Crippen LogP contribution in [0.3, 0.4) is 0 Å². The standard InChI is InChI=1S/C12H21N3O/c1-5-7-10(16-4)12-14-9(6-2)8(3)11(13)15-12/h10H,5-7H2,1-4H3,(H2,13,14,15). The van der Waals surface area contributed by atoms with Crippen LogP contribution >= 0.6 is 0 Å². The lowest BCUT2D eigenvalue weighted by molar-refractivity contribution is 0.0875. The minimum atomic E-state index is -0.0433. The number of hydrogen-bond acceptors (Lipinski definition) is 4. The third-order valence-electron chi connectivity index (χ3n) is 2.76. The number of anilines is 1. The fourth-order valence-corrected chi connectivity index (χ4v) is 1.70. The van der Waals surface area contributed by atoms with Crippen molar-refractivity contribution in [1.82, 2.24) is 9.97 Å². The molecule has 0 amide bonds. The summed E-state index contributed by atoms with van der Waals surface area (Å²) in [4.78, 5) is 8.84. The van der Waals surface area contributed by atoms with Crippen molar-refractivity contribution < 1.29 is 4.74 Å². The van der Waals surface area contributed by atoms with Crippen molar-refractivity contribution in [1.29, 1.82) is 0 Å². The van der Waals surface area contributed by atoms with E-state index in [9.17, 15) is 0 Å². The average Bonchev–Trinajstić information content (AvgIpc) is 2.29. The fraction of sp³-hybridized carbons (Fsp3) is 0.667. The second-order valence-electron chi connectivity index (χ2n) is 3.91. The highest BCUT2D eigenvalue weighted by Crippen LogP contribution is 2.22. The molecular formula is C12H21N3O. The van der Waals surface area contributed by atoms with E-state index in [2.05, 4.69) is 23.8 Å². The Bertz CT molecular complexity index is 352. The number of nitrogen functional groups attached to an aromatic ring is 1. The van der Waals surface area contributed by atoms with E-state index in [0.717, 1.165) is 30.5 Å². The van der Waals surface area contributed by atoms with Crippen LogP contribution < -0.4 is 5.73 Å². The molecule has 1 aromatic rings. The van der Waals surface area contributed by atoms with Crippen molar-refractivity contribution in [2.75, 3.05) is 12.8 Å². The molecule has 1 atom stereocenters. The number of ether oxygens (including phenoxy) is 1. The lowest BCUT2D eigenvalue weighted by atomic mass is 10.1. The highest BCUT2D eigenvalue weighted by molar-refractivity contribution is 5.41. The zero-order valence-electron chi connectivity index (χ0n) is 10.6. The molecule has 4 nitrogen and oxygen atoms in total. The number of hydrogen-bond donors (Lipinski definition) is 1. The number of nitrogens with zero attached hydrogens (tertiary/aromatic N) is 2. The molecule has 1 rings (SSSR count). The highest BCUT2D eigenvalue weighted by atomic mass is 16.5. The van der Waals surface area contributed by atoms with Gasteiger partial charge in [0.2, 0.25) is 0 Å². The smallest absolute Gasteiger partial charge is 0.159 e. The van der Waals surface area contributed by atoms with Gasteiger partial charge < -0.3 is 10.5 Å². The summed E-state index contributed by atoms with van der Waals surface area (Å²) < 4.78 is 5.39. The van der Waals surface area contributed by atoms with Crippen LogP contribution in [0.5, 0.6) is 0 Å². The quantitative estimate of drug-likeness (QED) is 0.832. The van der Waals surface area contributed by atoms with Crippen molar-refractivity contribution in [3.05, 3.63) is 17.1 Å². The second-order valence-corrected chi connectivity index (χ2v) is 3.91. The van der Waals surface area contributed by atoms with E-state index in [-0.39, 0.29) is 6.10 Å². The van der Waals surface area contributed by atoms with Gasteiger partial charge in [-0.3, -0.25) is 0 Å².